The second kappa shape index (κ2) is 8.39. The Hall–Kier alpha value is -2.28. The van der Waals surface area contributed by atoms with Gasteiger partial charge in [-0.05, 0) is 57.4 Å². The van der Waals surface area contributed by atoms with E-state index in [0.717, 1.165) is 80.4 Å². The van der Waals surface area contributed by atoms with Gasteiger partial charge in [0.05, 0.1) is 17.0 Å². The molecule has 2 aromatic rings. The Labute approximate surface area is 165 Å². The molecule has 1 amide bonds. The highest BCUT2D eigenvalue weighted by Crippen LogP contribution is 2.27. The van der Waals surface area contributed by atoms with Crippen LogP contribution in [-0.4, -0.2) is 52.2 Å². The molecule has 150 valence electrons. The molecule has 2 aromatic heterocycles. The summed E-state index contributed by atoms with van der Waals surface area (Å²) < 4.78 is 10.7. The second-order valence-corrected chi connectivity index (χ2v) is 8.05. The fourth-order valence-electron chi connectivity index (χ4n) is 4.34. The van der Waals surface area contributed by atoms with E-state index in [4.69, 9.17) is 9.26 Å². The largest absolute Gasteiger partial charge is 0.381 e. The van der Waals surface area contributed by atoms with Crippen LogP contribution in [0.4, 0.5) is 0 Å². The summed E-state index contributed by atoms with van der Waals surface area (Å²) in [6.45, 7) is 7.09. The molecule has 1 atom stereocenters. The molecular formula is C21H28N4O3. The smallest absolute Gasteiger partial charge is 0.222 e. The first kappa shape index (κ1) is 19.1. The van der Waals surface area contributed by atoms with E-state index < -0.39 is 0 Å². The molecular weight excluding hydrogens is 356 g/mol. The predicted octanol–water partition coefficient (Wildman–Crippen LogP) is 2.96. The van der Waals surface area contributed by atoms with Crippen molar-refractivity contribution in [2.75, 3.05) is 26.3 Å². The monoisotopic (exact) mass is 384 g/mol. The lowest BCUT2D eigenvalue weighted by Gasteiger charge is -2.24. The predicted molar refractivity (Wildman–Crippen MR) is 104 cm³/mol. The molecule has 2 aliphatic rings. The molecule has 0 N–H and O–H groups in total. The van der Waals surface area contributed by atoms with Crippen LogP contribution in [0.2, 0.25) is 0 Å². The van der Waals surface area contributed by atoms with Gasteiger partial charge in [0.25, 0.3) is 0 Å². The van der Waals surface area contributed by atoms with Gasteiger partial charge in [0.1, 0.15) is 12.1 Å². The Morgan fingerprint density at radius 3 is 2.75 bits per heavy atom. The van der Waals surface area contributed by atoms with Crippen LogP contribution < -0.4 is 0 Å². The van der Waals surface area contributed by atoms with Gasteiger partial charge in [-0.3, -0.25) is 4.79 Å². The lowest BCUT2D eigenvalue weighted by atomic mass is 9.96. The lowest BCUT2D eigenvalue weighted by molar-refractivity contribution is -0.132. The Bertz CT molecular complexity index is 809. The van der Waals surface area contributed by atoms with Crippen LogP contribution in [0.3, 0.4) is 0 Å². The number of rotatable bonds is 5. The molecule has 28 heavy (non-hydrogen) atoms. The van der Waals surface area contributed by atoms with Crippen molar-refractivity contribution in [1.29, 1.82) is 0 Å². The third-order valence-corrected chi connectivity index (χ3v) is 5.95. The van der Waals surface area contributed by atoms with E-state index in [9.17, 15) is 4.79 Å². The zero-order valence-electron chi connectivity index (χ0n) is 16.7. The highest BCUT2D eigenvalue weighted by atomic mass is 16.5. The van der Waals surface area contributed by atoms with Crippen LogP contribution in [0.5, 0.6) is 0 Å². The van der Waals surface area contributed by atoms with Crippen molar-refractivity contribution in [3.63, 3.8) is 0 Å². The number of aromatic nitrogens is 3. The standard InChI is InChI=1S/C21H28N4O3/c1-14-21(15(2)28-24-14)19-11-18(22-13-23-19)9-17-3-6-25(12-17)20(26)10-16-4-7-27-8-5-16/h11,13,16-17H,3-10,12H2,1-2H3. The number of carbonyl (C=O) groups excluding carboxylic acids is 1. The van der Waals surface area contributed by atoms with Crippen LogP contribution in [-0.2, 0) is 16.0 Å². The Morgan fingerprint density at radius 1 is 1.18 bits per heavy atom. The quantitative estimate of drug-likeness (QED) is 0.788. The number of ether oxygens (including phenoxy) is 1. The summed E-state index contributed by atoms with van der Waals surface area (Å²) in [6.07, 6.45) is 6.19. The van der Waals surface area contributed by atoms with Crippen LogP contribution >= 0.6 is 0 Å². The average Bonchev–Trinajstić information content (AvgIpc) is 3.29. The third-order valence-electron chi connectivity index (χ3n) is 5.95. The van der Waals surface area contributed by atoms with E-state index in [-0.39, 0.29) is 0 Å². The summed E-state index contributed by atoms with van der Waals surface area (Å²) in [7, 11) is 0. The maximum absolute atomic E-state index is 12.6. The Balaban J connectivity index is 1.35. The van der Waals surface area contributed by atoms with E-state index >= 15 is 0 Å². The highest BCUT2D eigenvalue weighted by Gasteiger charge is 2.28. The molecule has 4 rings (SSSR count). The molecule has 0 saturated carbocycles. The van der Waals surface area contributed by atoms with E-state index in [2.05, 4.69) is 15.1 Å². The molecule has 0 aromatic carbocycles. The van der Waals surface area contributed by atoms with Gasteiger partial charge in [0.15, 0.2) is 0 Å². The summed E-state index contributed by atoms with van der Waals surface area (Å²) in [4.78, 5) is 23.5. The van der Waals surface area contributed by atoms with E-state index in [1.165, 1.54) is 0 Å². The number of carbonyl (C=O) groups is 1. The lowest BCUT2D eigenvalue weighted by Crippen LogP contribution is -2.31. The number of likely N-dealkylation sites (tertiary alicyclic amines) is 1. The zero-order chi connectivity index (χ0) is 19.5. The maximum atomic E-state index is 12.6. The molecule has 0 aliphatic carbocycles. The minimum Gasteiger partial charge on any atom is -0.381 e. The molecule has 0 bridgehead atoms. The maximum Gasteiger partial charge on any atom is 0.222 e. The Kier molecular flexibility index (Phi) is 5.71. The number of hydrogen-bond acceptors (Lipinski definition) is 6. The summed E-state index contributed by atoms with van der Waals surface area (Å²) in [5.41, 5.74) is 3.65. The normalized spacial score (nSPS) is 20.6. The van der Waals surface area contributed by atoms with Crippen LogP contribution in [0.1, 0.15) is 42.8 Å². The van der Waals surface area contributed by atoms with Gasteiger partial charge in [-0.15, -0.1) is 0 Å². The molecule has 2 aliphatic heterocycles. The minimum atomic E-state index is 0.300. The van der Waals surface area contributed by atoms with Crippen molar-refractivity contribution >= 4 is 5.91 Å². The van der Waals surface area contributed by atoms with Crippen molar-refractivity contribution in [2.24, 2.45) is 11.8 Å². The molecule has 1 unspecified atom stereocenters. The van der Waals surface area contributed by atoms with Crippen molar-refractivity contribution in [3.05, 3.63) is 29.5 Å². The van der Waals surface area contributed by atoms with Gasteiger partial charge >= 0.3 is 0 Å². The topological polar surface area (TPSA) is 81.4 Å². The van der Waals surface area contributed by atoms with Gasteiger partial charge in [-0.1, -0.05) is 5.16 Å². The summed E-state index contributed by atoms with van der Waals surface area (Å²) >= 11 is 0. The number of hydrogen-bond donors (Lipinski definition) is 0. The number of aryl methyl sites for hydroxylation is 2. The van der Waals surface area contributed by atoms with Crippen LogP contribution in [0.25, 0.3) is 11.3 Å². The van der Waals surface area contributed by atoms with Gasteiger partial charge in [0.2, 0.25) is 5.91 Å². The fourth-order valence-corrected chi connectivity index (χ4v) is 4.34. The van der Waals surface area contributed by atoms with Crippen molar-refractivity contribution < 1.29 is 14.1 Å². The molecule has 2 fully saturated rings. The Morgan fingerprint density at radius 2 is 2.00 bits per heavy atom. The zero-order valence-corrected chi connectivity index (χ0v) is 16.7. The van der Waals surface area contributed by atoms with E-state index in [1.54, 1.807) is 6.33 Å². The molecule has 2 saturated heterocycles. The first-order valence-corrected chi connectivity index (χ1v) is 10.2. The van der Waals surface area contributed by atoms with Gasteiger partial charge in [0, 0.05) is 38.4 Å². The van der Waals surface area contributed by atoms with E-state index in [1.807, 2.05) is 24.8 Å². The van der Waals surface area contributed by atoms with Gasteiger partial charge < -0.3 is 14.2 Å². The van der Waals surface area contributed by atoms with Gasteiger partial charge in [-0.2, -0.15) is 0 Å². The second-order valence-electron chi connectivity index (χ2n) is 8.05. The van der Waals surface area contributed by atoms with Crippen LogP contribution in [0.15, 0.2) is 16.9 Å². The minimum absolute atomic E-state index is 0.300. The number of nitrogens with zero attached hydrogens (tertiary/aromatic N) is 4. The van der Waals surface area contributed by atoms with Crippen LogP contribution in [0, 0.1) is 25.7 Å². The highest BCUT2D eigenvalue weighted by molar-refractivity contribution is 5.76. The first-order chi connectivity index (χ1) is 13.6. The molecule has 7 heteroatoms. The number of amides is 1. The summed E-state index contributed by atoms with van der Waals surface area (Å²) in [6, 6.07) is 2.03. The van der Waals surface area contributed by atoms with Crippen molar-refractivity contribution in [1.82, 2.24) is 20.0 Å². The molecule has 4 heterocycles. The van der Waals surface area contributed by atoms with Gasteiger partial charge in [-0.25, -0.2) is 9.97 Å². The molecule has 7 nitrogen and oxygen atoms in total. The average molecular weight is 384 g/mol. The van der Waals surface area contributed by atoms with Crippen molar-refractivity contribution in [2.45, 2.75) is 46.0 Å². The first-order valence-electron chi connectivity index (χ1n) is 10.2. The SMILES string of the molecule is Cc1noc(C)c1-c1cc(CC2CCN(C(=O)CC3CCOCC3)C2)ncn1. The van der Waals surface area contributed by atoms with E-state index in [0.29, 0.717) is 24.2 Å². The molecule has 0 spiro atoms. The summed E-state index contributed by atoms with van der Waals surface area (Å²) in [5, 5.41) is 4.02. The fraction of sp³-hybridized carbons (Fsp3) is 0.619. The summed E-state index contributed by atoms with van der Waals surface area (Å²) in [5.74, 6) is 2.01. The van der Waals surface area contributed by atoms with Crippen molar-refractivity contribution in [3.8, 4) is 11.3 Å². The molecule has 0 radical (unpaired) electrons. The third kappa shape index (κ3) is 4.24.